The molecule has 1 saturated heterocycles. The summed E-state index contributed by atoms with van der Waals surface area (Å²) in [5.74, 6) is -1.41. The molecular weight excluding hydrogens is 294 g/mol. The van der Waals surface area contributed by atoms with Crippen LogP contribution in [-0.4, -0.2) is 67.7 Å². The minimum atomic E-state index is -3.11. The van der Waals surface area contributed by atoms with Gasteiger partial charge < -0.3 is 9.84 Å². The fraction of sp³-hybridized carbons (Fsp3) is 0.929. The molecule has 2 fully saturated rings. The largest absolute Gasteiger partial charge is 0.481 e. The van der Waals surface area contributed by atoms with Gasteiger partial charge in [0.1, 0.15) is 0 Å². The number of rotatable bonds is 6. The molecule has 21 heavy (non-hydrogen) atoms. The maximum atomic E-state index is 12.0. The maximum Gasteiger partial charge on any atom is 0.310 e. The van der Waals surface area contributed by atoms with Crippen molar-refractivity contribution in [2.45, 2.75) is 49.9 Å². The Bertz CT molecular complexity index is 478. The van der Waals surface area contributed by atoms with Gasteiger partial charge in [-0.15, -0.1) is 0 Å². The molecule has 7 heteroatoms. The summed E-state index contributed by atoms with van der Waals surface area (Å²) in [7, 11) is -3.11. The van der Waals surface area contributed by atoms with Crippen molar-refractivity contribution in [3.63, 3.8) is 0 Å². The van der Waals surface area contributed by atoms with Crippen LogP contribution < -0.4 is 0 Å². The molecule has 4 atom stereocenters. The van der Waals surface area contributed by atoms with Gasteiger partial charge in [-0.05, 0) is 25.8 Å². The van der Waals surface area contributed by atoms with Crippen LogP contribution in [0, 0.1) is 5.92 Å². The first-order chi connectivity index (χ1) is 9.86. The van der Waals surface area contributed by atoms with Gasteiger partial charge >= 0.3 is 5.97 Å². The van der Waals surface area contributed by atoms with Crippen molar-refractivity contribution in [1.82, 2.24) is 4.90 Å². The quantitative estimate of drug-likeness (QED) is 0.778. The first-order valence-electron chi connectivity index (χ1n) is 7.61. The predicted molar refractivity (Wildman–Crippen MR) is 79.0 cm³/mol. The minimum absolute atomic E-state index is 0.0755. The second kappa shape index (κ2) is 6.62. The topological polar surface area (TPSA) is 83.9 Å². The van der Waals surface area contributed by atoms with Crippen LogP contribution in [0.25, 0.3) is 0 Å². The van der Waals surface area contributed by atoms with Crippen LogP contribution in [0.5, 0.6) is 0 Å². The molecule has 0 spiro atoms. The van der Waals surface area contributed by atoms with E-state index >= 15 is 0 Å². The summed E-state index contributed by atoms with van der Waals surface area (Å²) in [6.07, 6.45) is 4.54. The van der Waals surface area contributed by atoms with Gasteiger partial charge in [0.05, 0.1) is 24.4 Å². The van der Waals surface area contributed by atoms with Gasteiger partial charge in [0.2, 0.25) is 0 Å². The first-order valence-corrected chi connectivity index (χ1v) is 9.57. The highest BCUT2D eigenvalue weighted by atomic mass is 32.2. The molecule has 0 aromatic carbocycles. The molecule has 0 aromatic heterocycles. The lowest BCUT2D eigenvalue weighted by molar-refractivity contribution is -0.143. The minimum Gasteiger partial charge on any atom is -0.481 e. The lowest BCUT2D eigenvalue weighted by Crippen LogP contribution is -2.52. The molecule has 1 N–H and O–H groups in total. The third-order valence-electron chi connectivity index (χ3n) is 4.67. The van der Waals surface area contributed by atoms with E-state index in [2.05, 4.69) is 4.90 Å². The number of sulfone groups is 1. The Kier molecular flexibility index (Phi) is 5.27. The van der Waals surface area contributed by atoms with Gasteiger partial charge in [0, 0.05) is 18.3 Å². The van der Waals surface area contributed by atoms with Crippen LogP contribution in [0.4, 0.5) is 0 Å². The van der Waals surface area contributed by atoms with Crippen molar-refractivity contribution >= 4 is 15.8 Å². The standard InChI is InChI=1S/C14H25NO5S/c1-3-7-15(12-9-20-8-10(12)14(16)17)11-5-4-6-13(11)21(2,18)19/h10-13H,3-9H2,1-2H3,(H,16,17). The van der Waals surface area contributed by atoms with Crippen molar-refractivity contribution in [1.29, 1.82) is 0 Å². The molecule has 122 valence electrons. The van der Waals surface area contributed by atoms with Crippen molar-refractivity contribution < 1.29 is 23.1 Å². The van der Waals surface area contributed by atoms with E-state index < -0.39 is 21.7 Å². The zero-order chi connectivity index (χ0) is 15.6. The van der Waals surface area contributed by atoms with Gasteiger partial charge in [-0.25, -0.2) is 8.42 Å². The molecule has 4 unspecified atom stereocenters. The molecule has 1 saturated carbocycles. The van der Waals surface area contributed by atoms with Crippen molar-refractivity contribution in [3.05, 3.63) is 0 Å². The van der Waals surface area contributed by atoms with Crippen LogP contribution in [0.2, 0.25) is 0 Å². The van der Waals surface area contributed by atoms with Gasteiger partial charge in [0.15, 0.2) is 9.84 Å². The van der Waals surface area contributed by atoms with E-state index in [4.69, 9.17) is 4.74 Å². The van der Waals surface area contributed by atoms with Crippen molar-refractivity contribution in [2.75, 3.05) is 26.0 Å². The number of hydrogen-bond acceptors (Lipinski definition) is 5. The summed E-state index contributed by atoms with van der Waals surface area (Å²) >= 11 is 0. The number of carboxylic acid groups (broad SMARTS) is 1. The van der Waals surface area contributed by atoms with Gasteiger partial charge in [0.25, 0.3) is 0 Å². The summed E-state index contributed by atoms with van der Waals surface area (Å²) in [6, 6.07) is -0.289. The van der Waals surface area contributed by atoms with E-state index in [0.717, 1.165) is 19.3 Å². The van der Waals surface area contributed by atoms with Gasteiger partial charge in [-0.1, -0.05) is 13.3 Å². The highest BCUT2D eigenvalue weighted by Gasteiger charge is 2.45. The monoisotopic (exact) mass is 319 g/mol. The Labute approximate surface area is 126 Å². The third kappa shape index (κ3) is 3.57. The Morgan fingerprint density at radius 2 is 2.00 bits per heavy atom. The van der Waals surface area contributed by atoms with Gasteiger partial charge in [-0.3, -0.25) is 9.69 Å². The Morgan fingerprint density at radius 3 is 2.57 bits per heavy atom. The Balaban J connectivity index is 2.24. The highest BCUT2D eigenvalue weighted by Crippen LogP contribution is 2.33. The Morgan fingerprint density at radius 1 is 1.29 bits per heavy atom. The molecule has 0 radical (unpaired) electrons. The first kappa shape index (κ1) is 16.7. The molecule has 1 aliphatic carbocycles. The zero-order valence-electron chi connectivity index (χ0n) is 12.7. The number of nitrogens with zero attached hydrogens (tertiary/aromatic N) is 1. The molecule has 0 aromatic rings. The summed E-state index contributed by atoms with van der Waals surface area (Å²) in [4.78, 5) is 13.5. The SMILES string of the molecule is CCCN(C1COCC1C(=O)O)C1CCCC1S(C)(=O)=O. The molecule has 2 rings (SSSR count). The van der Waals surface area contributed by atoms with Crippen LogP contribution in [0.3, 0.4) is 0 Å². The molecule has 6 nitrogen and oxygen atoms in total. The van der Waals surface area contributed by atoms with Crippen LogP contribution >= 0.6 is 0 Å². The van der Waals surface area contributed by atoms with Crippen LogP contribution in [0.1, 0.15) is 32.6 Å². The molecule has 0 amide bonds. The van der Waals surface area contributed by atoms with E-state index in [1.807, 2.05) is 6.92 Å². The average Bonchev–Trinajstić information content (AvgIpc) is 3.04. The zero-order valence-corrected chi connectivity index (χ0v) is 13.5. The smallest absolute Gasteiger partial charge is 0.310 e. The highest BCUT2D eigenvalue weighted by molar-refractivity contribution is 7.91. The molecule has 2 aliphatic rings. The third-order valence-corrected chi connectivity index (χ3v) is 6.32. The summed E-state index contributed by atoms with van der Waals surface area (Å²) in [5.41, 5.74) is 0. The molecule has 0 bridgehead atoms. The number of hydrogen-bond donors (Lipinski definition) is 1. The molecule has 1 heterocycles. The van der Waals surface area contributed by atoms with E-state index in [1.54, 1.807) is 0 Å². The predicted octanol–water partition coefficient (Wildman–Crippen LogP) is 0.764. The van der Waals surface area contributed by atoms with Crippen LogP contribution in [-0.2, 0) is 19.4 Å². The van der Waals surface area contributed by atoms with Crippen molar-refractivity contribution in [2.24, 2.45) is 5.92 Å². The lowest BCUT2D eigenvalue weighted by atomic mass is 9.99. The fourth-order valence-electron chi connectivity index (χ4n) is 3.73. The second-order valence-electron chi connectivity index (χ2n) is 6.15. The second-order valence-corrected chi connectivity index (χ2v) is 8.42. The van der Waals surface area contributed by atoms with E-state index in [9.17, 15) is 18.3 Å². The number of aliphatic carboxylic acids is 1. The summed E-state index contributed by atoms with van der Waals surface area (Å²) in [5, 5.41) is 8.97. The summed E-state index contributed by atoms with van der Waals surface area (Å²) < 4.78 is 29.4. The van der Waals surface area contributed by atoms with Gasteiger partial charge in [-0.2, -0.15) is 0 Å². The normalized spacial score (nSPS) is 33.7. The fourth-order valence-corrected chi connectivity index (χ4v) is 5.18. The van der Waals surface area contributed by atoms with Crippen molar-refractivity contribution in [3.8, 4) is 0 Å². The maximum absolute atomic E-state index is 12.0. The van der Waals surface area contributed by atoms with Crippen LogP contribution in [0.15, 0.2) is 0 Å². The summed E-state index contributed by atoms with van der Waals surface area (Å²) in [6.45, 7) is 3.35. The number of carbonyl (C=O) groups is 1. The van der Waals surface area contributed by atoms with E-state index in [0.29, 0.717) is 19.6 Å². The van der Waals surface area contributed by atoms with E-state index in [-0.39, 0.29) is 23.9 Å². The lowest BCUT2D eigenvalue weighted by Gasteiger charge is -2.37. The average molecular weight is 319 g/mol. The molecule has 1 aliphatic heterocycles. The molecular formula is C14H25NO5S. The van der Waals surface area contributed by atoms with E-state index in [1.165, 1.54) is 6.26 Å². The Hall–Kier alpha value is -0.660. The number of carboxylic acids is 1. The number of ether oxygens (including phenoxy) is 1.